The smallest absolute Gasteiger partial charge is 0.223 e. The molecule has 2 heteroatoms. The molecule has 0 aromatic heterocycles. The van der Waals surface area contributed by atoms with Crippen molar-refractivity contribution in [3.63, 3.8) is 0 Å². The number of rotatable bonds is 3. The van der Waals surface area contributed by atoms with E-state index in [-0.39, 0.29) is 5.91 Å². The van der Waals surface area contributed by atoms with Gasteiger partial charge in [0.1, 0.15) is 0 Å². The molecular formula is C9H16NO. The molecule has 0 unspecified atom stereocenters. The summed E-state index contributed by atoms with van der Waals surface area (Å²) in [4.78, 5) is 11.3. The third kappa shape index (κ3) is 2.52. The van der Waals surface area contributed by atoms with Crippen LogP contribution in [0.5, 0.6) is 0 Å². The fourth-order valence-electron chi connectivity index (χ4n) is 1.51. The first kappa shape index (κ1) is 8.57. The normalized spacial score (nSPS) is 18.6. The molecule has 1 N–H and O–H groups in total. The Morgan fingerprint density at radius 1 is 1.55 bits per heavy atom. The average molecular weight is 154 g/mol. The molecule has 63 valence electrons. The minimum atomic E-state index is 0.226. The van der Waals surface area contributed by atoms with Gasteiger partial charge in [-0.1, -0.05) is 19.8 Å². The Bertz CT molecular complexity index is 128. The average Bonchev–Trinajstić information content (AvgIpc) is 2.52. The lowest BCUT2D eigenvalue weighted by atomic mass is 10.1. The van der Waals surface area contributed by atoms with Crippen LogP contribution in [0, 0.1) is 12.5 Å². The van der Waals surface area contributed by atoms with Crippen LogP contribution in [0.3, 0.4) is 0 Å². The number of hydrogen-bond acceptors (Lipinski definition) is 1. The van der Waals surface area contributed by atoms with Crippen LogP contribution in [0.25, 0.3) is 0 Å². The maximum Gasteiger partial charge on any atom is 0.223 e. The van der Waals surface area contributed by atoms with E-state index in [0.29, 0.717) is 5.92 Å². The SMILES string of the molecule is CC[CH]NC(=O)C1CCCC1. The molecule has 0 aromatic rings. The van der Waals surface area contributed by atoms with E-state index in [2.05, 4.69) is 5.32 Å². The molecule has 1 rings (SSSR count). The van der Waals surface area contributed by atoms with Crippen molar-refractivity contribution in [1.82, 2.24) is 5.32 Å². The summed E-state index contributed by atoms with van der Waals surface area (Å²) >= 11 is 0. The van der Waals surface area contributed by atoms with E-state index in [1.807, 2.05) is 13.5 Å². The van der Waals surface area contributed by atoms with Crippen LogP contribution in [0.15, 0.2) is 0 Å². The summed E-state index contributed by atoms with van der Waals surface area (Å²) in [5.74, 6) is 0.530. The maximum atomic E-state index is 11.3. The molecule has 2 nitrogen and oxygen atoms in total. The third-order valence-electron chi connectivity index (χ3n) is 2.17. The highest BCUT2D eigenvalue weighted by atomic mass is 16.1. The monoisotopic (exact) mass is 154 g/mol. The third-order valence-corrected chi connectivity index (χ3v) is 2.17. The summed E-state index contributed by atoms with van der Waals surface area (Å²) in [6.45, 7) is 3.86. The Balaban J connectivity index is 2.17. The van der Waals surface area contributed by atoms with Crippen LogP contribution in [0.4, 0.5) is 0 Å². The molecule has 0 spiro atoms. The topological polar surface area (TPSA) is 29.1 Å². The lowest BCUT2D eigenvalue weighted by molar-refractivity contribution is -0.124. The van der Waals surface area contributed by atoms with Gasteiger partial charge in [-0.3, -0.25) is 4.79 Å². The van der Waals surface area contributed by atoms with Crippen LogP contribution in [-0.4, -0.2) is 5.91 Å². The quantitative estimate of drug-likeness (QED) is 0.660. The molecule has 1 aliphatic carbocycles. The number of amides is 1. The van der Waals surface area contributed by atoms with Gasteiger partial charge in [-0.15, -0.1) is 0 Å². The molecule has 1 radical (unpaired) electrons. The lowest BCUT2D eigenvalue weighted by Gasteiger charge is -2.07. The second-order valence-electron chi connectivity index (χ2n) is 3.10. The standard InChI is InChI=1S/C9H16NO/c1-2-7-10-9(11)8-5-3-4-6-8/h7-8H,2-6H2,1H3,(H,10,11). The van der Waals surface area contributed by atoms with E-state index < -0.39 is 0 Å². The summed E-state index contributed by atoms with van der Waals surface area (Å²) in [5.41, 5.74) is 0. The molecule has 1 amide bonds. The van der Waals surface area contributed by atoms with Crippen molar-refractivity contribution in [3.05, 3.63) is 6.54 Å². The Morgan fingerprint density at radius 3 is 2.73 bits per heavy atom. The molecule has 0 aliphatic heterocycles. The fourth-order valence-corrected chi connectivity index (χ4v) is 1.51. The molecule has 0 heterocycles. The summed E-state index contributed by atoms with van der Waals surface area (Å²) in [6.07, 6.45) is 5.54. The zero-order chi connectivity index (χ0) is 8.10. The largest absolute Gasteiger partial charge is 0.351 e. The van der Waals surface area contributed by atoms with Crippen molar-refractivity contribution in [2.24, 2.45) is 5.92 Å². The Hall–Kier alpha value is -0.530. The van der Waals surface area contributed by atoms with Gasteiger partial charge < -0.3 is 5.32 Å². The highest BCUT2D eigenvalue weighted by Crippen LogP contribution is 2.24. The van der Waals surface area contributed by atoms with E-state index >= 15 is 0 Å². The zero-order valence-electron chi connectivity index (χ0n) is 7.10. The highest BCUT2D eigenvalue weighted by Gasteiger charge is 2.21. The predicted molar refractivity (Wildman–Crippen MR) is 44.7 cm³/mol. The van der Waals surface area contributed by atoms with Crippen LogP contribution in [-0.2, 0) is 4.79 Å². The van der Waals surface area contributed by atoms with E-state index in [0.717, 1.165) is 19.3 Å². The minimum Gasteiger partial charge on any atom is -0.351 e. The predicted octanol–water partition coefficient (Wildman–Crippen LogP) is 1.86. The van der Waals surface area contributed by atoms with Gasteiger partial charge in [0.2, 0.25) is 5.91 Å². The number of carbonyl (C=O) groups is 1. The lowest BCUT2D eigenvalue weighted by Crippen LogP contribution is -2.26. The van der Waals surface area contributed by atoms with Crippen molar-refractivity contribution in [3.8, 4) is 0 Å². The Labute approximate surface area is 68.4 Å². The van der Waals surface area contributed by atoms with Crippen molar-refractivity contribution in [2.75, 3.05) is 0 Å². The van der Waals surface area contributed by atoms with E-state index in [9.17, 15) is 4.79 Å². The second-order valence-corrected chi connectivity index (χ2v) is 3.10. The van der Waals surface area contributed by atoms with Crippen molar-refractivity contribution in [2.45, 2.75) is 39.0 Å². The van der Waals surface area contributed by atoms with Gasteiger partial charge in [0.25, 0.3) is 0 Å². The minimum absolute atomic E-state index is 0.226. The van der Waals surface area contributed by atoms with Gasteiger partial charge in [-0.25, -0.2) is 0 Å². The fraction of sp³-hybridized carbons (Fsp3) is 0.778. The summed E-state index contributed by atoms with van der Waals surface area (Å²) < 4.78 is 0. The first-order valence-corrected chi connectivity index (χ1v) is 4.46. The number of nitrogens with one attached hydrogen (secondary N) is 1. The van der Waals surface area contributed by atoms with Crippen molar-refractivity contribution in [1.29, 1.82) is 0 Å². The van der Waals surface area contributed by atoms with Gasteiger partial charge in [0, 0.05) is 12.5 Å². The van der Waals surface area contributed by atoms with Crippen LogP contribution in [0.2, 0.25) is 0 Å². The summed E-state index contributed by atoms with van der Waals surface area (Å²) in [7, 11) is 0. The van der Waals surface area contributed by atoms with Crippen LogP contribution >= 0.6 is 0 Å². The second kappa shape index (κ2) is 4.37. The maximum absolute atomic E-state index is 11.3. The van der Waals surface area contributed by atoms with Crippen molar-refractivity contribution >= 4 is 5.91 Å². The first-order chi connectivity index (χ1) is 5.34. The Morgan fingerprint density at radius 2 is 2.18 bits per heavy atom. The summed E-state index contributed by atoms with van der Waals surface area (Å²) in [6, 6.07) is 0. The Kier molecular flexibility index (Phi) is 3.40. The molecule has 1 saturated carbocycles. The molecule has 0 atom stereocenters. The van der Waals surface area contributed by atoms with Gasteiger partial charge in [-0.05, 0) is 19.3 Å². The van der Waals surface area contributed by atoms with Crippen molar-refractivity contribution < 1.29 is 4.79 Å². The van der Waals surface area contributed by atoms with Gasteiger partial charge >= 0.3 is 0 Å². The number of carbonyl (C=O) groups excluding carboxylic acids is 1. The van der Waals surface area contributed by atoms with Gasteiger partial charge in [0.05, 0.1) is 0 Å². The first-order valence-electron chi connectivity index (χ1n) is 4.46. The van der Waals surface area contributed by atoms with Gasteiger partial charge in [-0.2, -0.15) is 0 Å². The molecule has 1 aliphatic rings. The molecular weight excluding hydrogens is 138 g/mol. The van der Waals surface area contributed by atoms with E-state index in [1.54, 1.807) is 0 Å². The molecule has 0 aromatic carbocycles. The van der Waals surface area contributed by atoms with E-state index in [4.69, 9.17) is 0 Å². The molecule has 0 bridgehead atoms. The van der Waals surface area contributed by atoms with Crippen LogP contribution < -0.4 is 5.32 Å². The zero-order valence-corrected chi connectivity index (χ0v) is 7.10. The summed E-state index contributed by atoms with van der Waals surface area (Å²) in [5, 5.41) is 2.81. The molecule has 11 heavy (non-hydrogen) atoms. The van der Waals surface area contributed by atoms with Gasteiger partial charge in [0.15, 0.2) is 0 Å². The molecule has 0 saturated heterocycles. The highest BCUT2D eigenvalue weighted by molar-refractivity contribution is 5.79. The van der Waals surface area contributed by atoms with E-state index in [1.165, 1.54) is 12.8 Å². The number of hydrogen-bond donors (Lipinski definition) is 1. The molecule has 1 fully saturated rings. The van der Waals surface area contributed by atoms with Crippen LogP contribution in [0.1, 0.15) is 39.0 Å².